The van der Waals surface area contributed by atoms with Gasteiger partial charge in [0.15, 0.2) is 0 Å². The molecule has 0 fully saturated rings. The molecule has 0 saturated carbocycles. The van der Waals surface area contributed by atoms with Crippen LogP contribution in [-0.4, -0.2) is 13.7 Å². The van der Waals surface area contributed by atoms with Gasteiger partial charge in [-0.3, -0.25) is 0 Å². The summed E-state index contributed by atoms with van der Waals surface area (Å²) in [5.74, 6) is 1.67. The summed E-state index contributed by atoms with van der Waals surface area (Å²) in [6, 6.07) is 12.1. The molecule has 1 atom stereocenters. The number of ether oxygens (including phenoxy) is 1. The Labute approximate surface area is 113 Å². The van der Waals surface area contributed by atoms with Gasteiger partial charge in [0.1, 0.15) is 16.9 Å². The smallest absolute Gasteiger partial charge is 0.126 e. The van der Waals surface area contributed by atoms with Crippen molar-refractivity contribution in [3.05, 3.63) is 59.0 Å². The Morgan fingerprint density at radius 2 is 1.89 bits per heavy atom. The Morgan fingerprint density at radius 3 is 2.44 bits per heavy atom. The van der Waals surface area contributed by atoms with Crippen LogP contribution in [0.15, 0.2) is 40.8 Å². The van der Waals surface area contributed by atoms with E-state index in [4.69, 9.17) is 20.8 Å². The number of alkyl halides is 1. The first-order valence-electron chi connectivity index (χ1n) is 5.99. The standard InChI is InChI=1S/C15H17ClO2/c1-11-3-8-14(18-11)15(16)13-6-4-12(5-7-13)9-10-17-2/h3-8,15H,9-10H2,1-2H3. The van der Waals surface area contributed by atoms with E-state index in [-0.39, 0.29) is 5.38 Å². The summed E-state index contributed by atoms with van der Waals surface area (Å²) >= 11 is 6.38. The predicted molar refractivity (Wildman–Crippen MR) is 73.2 cm³/mol. The monoisotopic (exact) mass is 264 g/mol. The lowest BCUT2D eigenvalue weighted by molar-refractivity contribution is 0.202. The number of hydrogen-bond acceptors (Lipinski definition) is 2. The first-order valence-corrected chi connectivity index (χ1v) is 6.42. The van der Waals surface area contributed by atoms with Crippen LogP contribution in [0.4, 0.5) is 0 Å². The number of benzene rings is 1. The minimum Gasteiger partial charge on any atom is -0.464 e. The van der Waals surface area contributed by atoms with Crippen molar-refractivity contribution in [3.63, 3.8) is 0 Å². The minimum absolute atomic E-state index is 0.227. The largest absolute Gasteiger partial charge is 0.464 e. The van der Waals surface area contributed by atoms with Crippen LogP contribution in [0.3, 0.4) is 0 Å². The summed E-state index contributed by atoms with van der Waals surface area (Å²) in [6.45, 7) is 2.65. The van der Waals surface area contributed by atoms with E-state index in [0.717, 1.165) is 30.1 Å². The highest BCUT2D eigenvalue weighted by molar-refractivity contribution is 6.22. The van der Waals surface area contributed by atoms with Crippen LogP contribution in [0.1, 0.15) is 28.0 Å². The zero-order valence-corrected chi connectivity index (χ0v) is 11.4. The van der Waals surface area contributed by atoms with Gasteiger partial charge in [-0.25, -0.2) is 0 Å². The molecule has 1 unspecified atom stereocenters. The molecule has 0 N–H and O–H groups in total. The summed E-state index contributed by atoms with van der Waals surface area (Å²) in [5, 5.41) is -0.227. The van der Waals surface area contributed by atoms with Gasteiger partial charge < -0.3 is 9.15 Å². The van der Waals surface area contributed by atoms with Crippen molar-refractivity contribution >= 4 is 11.6 Å². The fourth-order valence-electron chi connectivity index (χ4n) is 1.83. The van der Waals surface area contributed by atoms with E-state index in [0.29, 0.717) is 0 Å². The molecule has 0 aliphatic heterocycles. The number of halogens is 1. The highest BCUT2D eigenvalue weighted by atomic mass is 35.5. The van der Waals surface area contributed by atoms with Gasteiger partial charge in [-0.2, -0.15) is 0 Å². The van der Waals surface area contributed by atoms with Crippen molar-refractivity contribution in [1.29, 1.82) is 0 Å². The van der Waals surface area contributed by atoms with Gasteiger partial charge in [-0.1, -0.05) is 24.3 Å². The maximum absolute atomic E-state index is 6.38. The number of furan rings is 1. The van der Waals surface area contributed by atoms with Crippen LogP contribution in [0.25, 0.3) is 0 Å². The van der Waals surface area contributed by atoms with Crippen LogP contribution < -0.4 is 0 Å². The van der Waals surface area contributed by atoms with Gasteiger partial charge in [-0.15, -0.1) is 11.6 Å². The fraction of sp³-hybridized carbons (Fsp3) is 0.333. The molecule has 0 amide bonds. The van der Waals surface area contributed by atoms with E-state index in [1.807, 2.05) is 31.2 Å². The van der Waals surface area contributed by atoms with Gasteiger partial charge in [0.2, 0.25) is 0 Å². The third-order valence-corrected chi connectivity index (χ3v) is 3.35. The van der Waals surface area contributed by atoms with Crippen molar-refractivity contribution in [2.45, 2.75) is 18.7 Å². The molecule has 0 saturated heterocycles. The number of methoxy groups -OCH3 is 1. The van der Waals surface area contributed by atoms with Crippen molar-refractivity contribution in [3.8, 4) is 0 Å². The normalized spacial score (nSPS) is 12.6. The number of rotatable bonds is 5. The van der Waals surface area contributed by atoms with E-state index in [1.165, 1.54) is 5.56 Å². The Morgan fingerprint density at radius 1 is 1.17 bits per heavy atom. The number of hydrogen-bond donors (Lipinski definition) is 0. The van der Waals surface area contributed by atoms with Crippen LogP contribution in [0.5, 0.6) is 0 Å². The lowest BCUT2D eigenvalue weighted by atomic mass is 10.1. The molecule has 2 rings (SSSR count). The lowest BCUT2D eigenvalue weighted by Gasteiger charge is -2.08. The SMILES string of the molecule is COCCc1ccc(C(Cl)c2ccc(C)o2)cc1. The van der Waals surface area contributed by atoms with E-state index in [9.17, 15) is 0 Å². The molecule has 1 aromatic carbocycles. The molecular weight excluding hydrogens is 248 g/mol. The molecule has 96 valence electrons. The quantitative estimate of drug-likeness (QED) is 0.759. The van der Waals surface area contributed by atoms with Gasteiger partial charge in [0.25, 0.3) is 0 Å². The van der Waals surface area contributed by atoms with Crippen LogP contribution >= 0.6 is 11.6 Å². The molecule has 0 spiro atoms. The molecule has 3 heteroatoms. The van der Waals surface area contributed by atoms with Crippen LogP contribution in [0.2, 0.25) is 0 Å². The Bertz CT molecular complexity index is 487. The highest BCUT2D eigenvalue weighted by Crippen LogP contribution is 2.30. The fourth-order valence-corrected chi connectivity index (χ4v) is 2.09. The average Bonchev–Trinajstić information content (AvgIpc) is 2.83. The molecule has 0 aliphatic rings. The maximum atomic E-state index is 6.38. The molecule has 1 aromatic heterocycles. The average molecular weight is 265 g/mol. The Balaban J connectivity index is 2.09. The second kappa shape index (κ2) is 6.07. The van der Waals surface area contributed by atoms with E-state index in [1.54, 1.807) is 7.11 Å². The summed E-state index contributed by atoms with van der Waals surface area (Å²) in [5.41, 5.74) is 2.30. The minimum atomic E-state index is -0.227. The molecule has 0 radical (unpaired) electrons. The van der Waals surface area contributed by atoms with Crippen molar-refractivity contribution in [1.82, 2.24) is 0 Å². The Kier molecular flexibility index (Phi) is 4.45. The first-order chi connectivity index (χ1) is 8.70. The summed E-state index contributed by atoms with van der Waals surface area (Å²) in [4.78, 5) is 0. The van der Waals surface area contributed by atoms with Crippen molar-refractivity contribution in [2.24, 2.45) is 0 Å². The maximum Gasteiger partial charge on any atom is 0.126 e. The molecule has 2 nitrogen and oxygen atoms in total. The van der Waals surface area contributed by atoms with Gasteiger partial charge in [0, 0.05) is 7.11 Å². The first kappa shape index (κ1) is 13.2. The second-order valence-electron chi connectivity index (χ2n) is 4.30. The zero-order chi connectivity index (χ0) is 13.0. The highest BCUT2D eigenvalue weighted by Gasteiger charge is 2.14. The van der Waals surface area contributed by atoms with Crippen molar-refractivity contribution in [2.75, 3.05) is 13.7 Å². The lowest BCUT2D eigenvalue weighted by Crippen LogP contribution is -1.96. The number of aryl methyl sites for hydroxylation is 1. The van der Waals surface area contributed by atoms with Gasteiger partial charge in [-0.05, 0) is 36.6 Å². The summed E-state index contributed by atoms with van der Waals surface area (Å²) < 4.78 is 10.6. The zero-order valence-electron chi connectivity index (χ0n) is 10.7. The predicted octanol–water partition coefficient (Wildman–Crippen LogP) is 4.11. The van der Waals surface area contributed by atoms with Crippen molar-refractivity contribution < 1.29 is 9.15 Å². The third kappa shape index (κ3) is 3.15. The second-order valence-corrected chi connectivity index (χ2v) is 4.73. The van der Waals surface area contributed by atoms with Gasteiger partial charge >= 0.3 is 0 Å². The van der Waals surface area contributed by atoms with Gasteiger partial charge in [0.05, 0.1) is 6.61 Å². The van der Waals surface area contributed by atoms with Crippen LogP contribution in [0, 0.1) is 6.92 Å². The van der Waals surface area contributed by atoms with E-state index >= 15 is 0 Å². The summed E-state index contributed by atoms with van der Waals surface area (Å²) in [7, 11) is 1.71. The van der Waals surface area contributed by atoms with E-state index in [2.05, 4.69) is 12.1 Å². The summed E-state index contributed by atoms with van der Waals surface area (Å²) in [6.07, 6.45) is 0.920. The molecule has 18 heavy (non-hydrogen) atoms. The molecule has 2 aromatic rings. The molecular formula is C15H17ClO2. The van der Waals surface area contributed by atoms with Crippen LogP contribution in [-0.2, 0) is 11.2 Å². The molecule has 0 bridgehead atoms. The topological polar surface area (TPSA) is 22.4 Å². The molecule has 0 aliphatic carbocycles. The third-order valence-electron chi connectivity index (χ3n) is 2.88. The Hall–Kier alpha value is -1.25. The van der Waals surface area contributed by atoms with E-state index < -0.39 is 0 Å². The molecule has 1 heterocycles.